The molecular formula is H4Al2CaFe2K2MgNa2O12Si. The molecule has 0 saturated heterocycles. The summed E-state index contributed by atoms with van der Waals surface area (Å²) in [5.41, 5.74) is 0. The number of hydrogen-bond donors (Lipinski definition) is 0. The maximum absolute atomic E-state index is 8.40. The summed E-state index contributed by atoms with van der Waals surface area (Å²) in [5.74, 6) is 0. The van der Waals surface area contributed by atoms with Crippen LogP contribution in [0.4, 0.5) is 0 Å². The Kier molecular flexibility index (Phi) is 3190. The fourth-order valence-corrected chi connectivity index (χ4v) is 0. The van der Waals surface area contributed by atoms with Gasteiger partial charge in [0.15, 0.2) is 0 Å². The molecule has 23 heteroatoms. The van der Waals surface area contributed by atoms with Crippen molar-refractivity contribution in [3.8, 4) is 0 Å². The Labute approximate surface area is 354 Å². The topological polar surface area (TPSA) is 325 Å². The SMILES string of the molecule is O.O.O=[Si]=O.[Al+3].[Al+3].[Ca].[Fe+3].[Fe+3].[K+].[K+].[Mg].[Na+].[Na+].[O-2].[O-2].[O-2].[O-2].[O-2].[O-2].[O-2].[O-2]. The van der Waals surface area contributed by atoms with E-state index in [1.165, 1.54) is 0 Å². The molecule has 4 N–H and O–H groups in total. The predicted octanol–water partition coefficient (Wildman–Crippen LogP) is -16.7. The second-order valence-corrected chi connectivity index (χ2v) is 0.250. The van der Waals surface area contributed by atoms with Gasteiger partial charge in [0.2, 0.25) is 0 Å². The predicted molar refractivity (Wildman–Crippen MR) is 42.9 cm³/mol. The molecule has 12 nitrogen and oxygen atoms in total. The molecule has 0 aromatic rings. The Morgan fingerprint density at radius 2 is 0.522 bits per heavy atom. The van der Waals surface area contributed by atoms with Gasteiger partial charge in [-0.2, -0.15) is 0 Å². The third-order valence-corrected chi connectivity index (χ3v) is 0. The smallest absolute Gasteiger partial charge is 2.00 e. The fourth-order valence-electron chi connectivity index (χ4n) is 0. The summed E-state index contributed by atoms with van der Waals surface area (Å²) < 4.78 is 16.8. The van der Waals surface area contributed by atoms with Crippen molar-refractivity contribution in [1.29, 1.82) is 0 Å². The van der Waals surface area contributed by atoms with E-state index in [4.69, 9.17) is 8.92 Å². The van der Waals surface area contributed by atoms with E-state index in [1.807, 2.05) is 0 Å². The van der Waals surface area contributed by atoms with Crippen LogP contribution >= 0.6 is 0 Å². The minimum absolute atomic E-state index is 0. The standard InChI is InChI=1S/2Al.Ca.2Fe.2K.Mg.2Na.O2Si.2H2O.8O/c;;;;;;;;;;1-3-2;;;;;;;;;;/h;;;;;;;;;;;2*1H2;;;;;;;;/q2*+3;;2*+3;2*+1;;2*+1;;;;8*-2. The molecule has 0 aliphatic heterocycles. The molecule has 0 aromatic carbocycles. The molecule has 0 spiro atoms. The van der Waals surface area contributed by atoms with Gasteiger partial charge < -0.3 is 54.8 Å². The minimum atomic E-state index is -1.42. The van der Waals surface area contributed by atoms with E-state index < -0.39 is 9.29 Å². The van der Waals surface area contributed by atoms with Crippen molar-refractivity contribution in [2.45, 2.75) is 0 Å². The van der Waals surface area contributed by atoms with Crippen LogP contribution in [0.1, 0.15) is 0 Å². The molecule has 0 atom stereocenters. The summed E-state index contributed by atoms with van der Waals surface area (Å²) in [5, 5.41) is 0. The quantitative estimate of drug-likeness (QED) is 0.253. The molecule has 0 bridgehead atoms. The molecule has 0 heterocycles. The van der Waals surface area contributed by atoms with Crippen molar-refractivity contribution in [1.82, 2.24) is 0 Å². The minimum Gasteiger partial charge on any atom is -2.00 e. The molecule has 23 heavy (non-hydrogen) atoms. The largest absolute Gasteiger partial charge is 3.00 e. The van der Waals surface area contributed by atoms with Gasteiger partial charge in [0.05, 0.1) is 0 Å². The van der Waals surface area contributed by atoms with Crippen LogP contribution in [0.25, 0.3) is 0 Å². The maximum Gasteiger partial charge on any atom is 3.00 e. The molecule has 0 unspecified atom stereocenters. The Morgan fingerprint density at radius 1 is 0.522 bits per heavy atom. The zero-order chi connectivity index (χ0) is 2.71. The van der Waals surface area contributed by atoms with E-state index in [1.54, 1.807) is 0 Å². The first-order valence-corrected chi connectivity index (χ1v) is 1.22. The van der Waals surface area contributed by atoms with Gasteiger partial charge in [-0.25, -0.2) is 0 Å². The fraction of sp³-hybridized carbons (Fsp3) is 0. The van der Waals surface area contributed by atoms with Gasteiger partial charge in [0.1, 0.15) is 0 Å². The third kappa shape index (κ3) is 329. The molecule has 0 saturated carbocycles. The first-order chi connectivity index (χ1) is 1.41. The van der Waals surface area contributed by atoms with Crippen molar-refractivity contribution in [2.75, 3.05) is 0 Å². The zero-order valence-electron chi connectivity index (χ0n) is 12.9. The van der Waals surface area contributed by atoms with Crippen LogP contribution in [0.2, 0.25) is 0 Å². The van der Waals surface area contributed by atoms with Crippen molar-refractivity contribution in [2.24, 2.45) is 0 Å². The van der Waals surface area contributed by atoms with Crippen molar-refractivity contribution >= 4 is 105 Å². The third-order valence-electron chi connectivity index (χ3n) is 0. The van der Waals surface area contributed by atoms with E-state index in [0.29, 0.717) is 0 Å². The van der Waals surface area contributed by atoms with Gasteiger partial charge in [0.25, 0.3) is 0 Å². The summed E-state index contributed by atoms with van der Waals surface area (Å²) >= 11 is 0. The monoisotopic (exact) mass is 578 g/mol. The van der Waals surface area contributed by atoms with Gasteiger partial charge in [-0.3, -0.25) is 8.92 Å². The summed E-state index contributed by atoms with van der Waals surface area (Å²) in [4.78, 5) is 0. The molecule has 0 fully saturated rings. The molecule has 0 aromatic heterocycles. The van der Waals surface area contributed by atoms with Crippen LogP contribution in [-0.2, 0) is 86.9 Å². The molecule has 110 valence electrons. The van der Waals surface area contributed by atoms with Gasteiger partial charge in [-0.1, -0.05) is 0 Å². The molecular weight excluding hydrogens is 574 g/mol. The summed E-state index contributed by atoms with van der Waals surface area (Å²) in [6.45, 7) is 0. The van der Waals surface area contributed by atoms with Crippen molar-refractivity contribution < 1.29 is 260 Å². The zero-order valence-corrected chi connectivity index (χ0v) is 32.2. The molecule has 6 radical (unpaired) electrons. The number of rotatable bonds is 0. The first-order valence-electron chi connectivity index (χ1n) is 0.408. The van der Waals surface area contributed by atoms with E-state index in [-0.39, 0.29) is 346 Å². The van der Waals surface area contributed by atoms with Crippen LogP contribution < -0.4 is 162 Å². The van der Waals surface area contributed by atoms with Crippen molar-refractivity contribution in [3.05, 3.63) is 0 Å². The normalized spacial score (nSPS) is 0.348. The van der Waals surface area contributed by atoms with E-state index in [0.717, 1.165) is 0 Å². The van der Waals surface area contributed by atoms with E-state index in [9.17, 15) is 0 Å². The molecule has 0 aliphatic carbocycles. The maximum atomic E-state index is 8.40. The number of hydrogen-bond acceptors (Lipinski definition) is 2. The Bertz CT molecular complexity index is 74.0. The van der Waals surface area contributed by atoms with Crippen molar-refractivity contribution in [3.63, 3.8) is 0 Å². The van der Waals surface area contributed by atoms with Crippen LogP contribution in [0.15, 0.2) is 0 Å². The average Bonchev–Trinajstić information content (AvgIpc) is 0.918. The molecule has 0 amide bonds. The van der Waals surface area contributed by atoms with Gasteiger partial charge in [-0.05, 0) is 0 Å². The molecule has 0 rings (SSSR count). The van der Waals surface area contributed by atoms with Crippen LogP contribution in [0.3, 0.4) is 0 Å². The summed E-state index contributed by atoms with van der Waals surface area (Å²) in [6, 6.07) is 0. The van der Waals surface area contributed by atoms with E-state index >= 15 is 0 Å². The Morgan fingerprint density at radius 3 is 0.522 bits per heavy atom. The summed E-state index contributed by atoms with van der Waals surface area (Å²) in [6.07, 6.45) is 0. The Hall–Kier alpha value is 8.82. The molecule has 0 aliphatic rings. The van der Waals surface area contributed by atoms with Gasteiger partial charge in [-0.15, -0.1) is 0 Å². The van der Waals surface area contributed by atoms with Gasteiger partial charge >= 0.3 is 240 Å². The Balaban J connectivity index is -0.000000000105. The van der Waals surface area contributed by atoms with Crippen LogP contribution in [-0.4, -0.2) is 116 Å². The second kappa shape index (κ2) is 284. The van der Waals surface area contributed by atoms with Crippen LogP contribution in [0, 0.1) is 0 Å². The van der Waals surface area contributed by atoms with Crippen LogP contribution in [0.5, 0.6) is 0 Å². The average molecular weight is 578 g/mol. The first kappa shape index (κ1) is 258. The van der Waals surface area contributed by atoms with E-state index in [2.05, 4.69) is 0 Å². The second-order valence-electron chi connectivity index (χ2n) is 0.0833. The van der Waals surface area contributed by atoms with Gasteiger partial charge in [0, 0.05) is 60.8 Å². The summed E-state index contributed by atoms with van der Waals surface area (Å²) in [7, 11) is -1.42.